The van der Waals surface area contributed by atoms with Crippen molar-refractivity contribution in [3.8, 4) is 0 Å². The Labute approximate surface area is 200 Å². The molecule has 13 nitrogen and oxygen atoms in total. The molecule has 34 heavy (non-hydrogen) atoms. The molecule has 0 aromatic carbocycles. The minimum absolute atomic E-state index is 0.0273. The van der Waals surface area contributed by atoms with E-state index in [9.17, 15) is 29.2 Å². The summed E-state index contributed by atoms with van der Waals surface area (Å²) >= 11 is 0.674. The van der Waals surface area contributed by atoms with Gasteiger partial charge in [-0.15, -0.1) is 0 Å². The lowest BCUT2D eigenvalue weighted by Crippen LogP contribution is -2.40. The number of aromatic nitrogens is 2. The summed E-state index contributed by atoms with van der Waals surface area (Å²) in [6.45, 7) is 2.39. The number of ether oxygens (including phenoxy) is 3. The number of aliphatic hydroxyl groups is 2. The van der Waals surface area contributed by atoms with Crippen molar-refractivity contribution < 1.29 is 38.3 Å². The predicted octanol–water partition coefficient (Wildman–Crippen LogP) is 0.328. The lowest BCUT2D eigenvalue weighted by molar-refractivity contribution is -0.137. The third kappa shape index (κ3) is 8.02. The van der Waals surface area contributed by atoms with Crippen LogP contribution in [0.1, 0.15) is 40.3 Å². The summed E-state index contributed by atoms with van der Waals surface area (Å²) in [7, 11) is 1.19. The van der Waals surface area contributed by atoms with Crippen molar-refractivity contribution in [3.63, 3.8) is 0 Å². The number of hydrogen-bond acceptors (Lipinski definition) is 11. The summed E-state index contributed by atoms with van der Waals surface area (Å²) in [6, 6.07) is 0.302. The van der Waals surface area contributed by atoms with Gasteiger partial charge in [-0.2, -0.15) is 0 Å². The molecule has 1 aromatic rings. The molecular formula is C19H32N3O10PS. The Morgan fingerprint density at radius 3 is 2.71 bits per heavy atom. The van der Waals surface area contributed by atoms with Crippen molar-refractivity contribution in [1.29, 1.82) is 0 Å². The van der Waals surface area contributed by atoms with E-state index in [1.54, 1.807) is 13.8 Å². The first-order valence-electron chi connectivity index (χ1n) is 10.5. The number of aliphatic hydroxyl groups excluding tert-OH is 1. The molecule has 1 fully saturated rings. The lowest BCUT2D eigenvalue weighted by atomic mass is 10.0. The molecule has 0 saturated carbocycles. The first-order chi connectivity index (χ1) is 15.8. The van der Waals surface area contributed by atoms with Crippen molar-refractivity contribution in [3.05, 3.63) is 33.1 Å². The van der Waals surface area contributed by atoms with Crippen LogP contribution in [-0.2, 0) is 28.1 Å². The predicted molar refractivity (Wildman–Crippen MR) is 123 cm³/mol. The second kappa shape index (κ2) is 12.0. The number of esters is 1. The Morgan fingerprint density at radius 1 is 1.44 bits per heavy atom. The molecule has 0 aliphatic carbocycles. The highest BCUT2D eigenvalue weighted by molar-refractivity contribution is 8.56. The van der Waals surface area contributed by atoms with Crippen LogP contribution in [0.15, 0.2) is 21.9 Å². The maximum atomic E-state index is 13.4. The van der Waals surface area contributed by atoms with Crippen molar-refractivity contribution in [1.82, 2.24) is 14.6 Å². The van der Waals surface area contributed by atoms with Gasteiger partial charge in [0.25, 0.3) is 5.56 Å². The highest BCUT2D eigenvalue weighted by atomic mass is 32.7. The molecule has 0 spiro atoms. The van der Waals surface area contributed by atoms with E-state index in [1.165, 1.54) is 27.2 Å². The number of nitrogens with one attached hydrogen (secondary N) is 2. The molecule has 6 atom stereocenters. The summed E-state index contributed by atoms with van der Waals surface area (Å²) in [5.74, 6) is -0.910. The largest absolute Gasteiger partial charge is 0.468 e. The number of nitrogens with zero attached hydrogens (tertiary/aromatic N) is 1. The van der Waals surface area contributed by atoms with Gasteiger partial charge in [-0.05, 0) is 39.1 Å². The first kappa shape index (κ1) is 28.7. The van der Waals surface area contributed by atoms with Gasteiger partial charge in [0.05, 0.1) is 32.0 Å². The van der Waals surface area contributed by atoms with Gasteiger partial charge in [0.2, 0.25) is 0 Å². The molecule has 1 aliphatic rings. The van der Waals surface area contributed by atoms with Crippen LogP contribution >= 0.6 is 18.1 Å². The van der Waals surface area contributed by atoms with Crippen LogP contribution in [0.2, 0.25) is 0 Å². The highest BCUT2D eigenvalue weighted by Gasteiger charge is 2.46. The topological polar surface area (TPSA) is 178 Å². The molecule has 0 radical (unpaired) electrons. The Balaban J connectivity index is 2.12. The zero-order valence-corrected chi connectivity index (χ0v) is 21.3. The molecule has 194 valence electrons. The van der Waals surface area contributed by atoms with Crippen molar-refractivity contribution in [2.24, 2.45) is 0 Å². The number of H-pyrrole nitrogens is 1. The summed E-state index contributed by atoms with van der Waals surface area (Å²) in [5, 5.41) is 23.6. The molecule has 2 rings (SSSR count). The quantitative estimate of drug-likeness (QED) is 0.167. The third-order valence-corrected chi connectivity index (χ3v) is 8.77. The number of methoxy groups -OCH3 is 1. The van der Waals surface area contributed by atoms with Gasteiger partial charge in [0.15, 0.2) is 12.5 Å². The van der Waals surface area contributed by atoms with E-state index in [0.717, 1.165) is 10.6 Å². The van der Waals surface area contributed by atoms with E-state index in [2.05, 4.69) is 14.8 Å². The van der Waals surface area contributed by atoms with Gasteiger partial charge in [0.1, 0.15) is 11.4 Å². The number of hydrogen-bond donors (Lipinski definition) is 4. The maximum absolute atomic E-state index is 13.4. The van der Waals surface area contributed by atoms with Gasteiger partial charge < -0.3 is 28.9 Å². The van der Waals surface area contributed by atoms with Gasteiger partial charge in [-0.1, -0.05) is 0 Å². The summed E-state index contributed by atoms with van der Waals surface area (Å²) in [4.78, 5) is 37.1. The van der Waals surface area contributed by atoms with Gasteiger partial charge in [0, 0.05) is 18.7 Å². The lowest BCUT2D eigenvalue weighted by Gasteiger charge is -2.27. The molecule has 0 bridgehead atoms. The number of carbonyl (C=O) groups is 1. The van der Waals surface area contributed by atoms with Crippen molar-refractivity contribution in [2.75, 3.05) is 19.5 Å². The molecule has 1 saturated heterocycles. The Kier molecular flexibility index (Phi) is 10.1. The Bertz CT molecular complexity index is 997. The summed E-state index contributed by atoms with van der Waals surface area (Å²) < 4.78 is 35.7. The van der Waals surface area contributed by atoms with Crippen LogP contribution in [0.4, 0.5) is 0 Å². The fourth-order valence-electron chi connectivity index (χ4n) is 3.21. The second-order valence-electron chi connectivity index (χ2n) is 8.33. The van der Waals surface area contributed by atoms with Gasteiger partial charge in [-0.3, -0.25) is 23.7 Å². The monoisotopic (exact) mass is 525 g/mol. The average molecular weight is 526 g/mol. The average Bonchev–Trinajstić information content (AvgIpc) is 3.04. The zero-order chi connectivity index (χ0) is 25.7. The molecule has 1 aromatic heterocycles. The fraction of sp³-hybridized carbons (Fsp3) is 0.737. The zero-order valence-electron chi connectivity index (χ0n) is 19.6. The number of carbonyl (C=O) groups excluding carboxylic acids is 1. The van der Waals surface area contributed by atoms with Crippen molar-refractivity contribution >= 4 is 24.1 Å². The summed E-state index contributed by atoms with van der Waals surface area (Å²) in [6.07, 6.45) is -2.25. The molecule has 0 amide bonds. The van der Waals surface area contributed by atoms with Crippen LogP contribution in [0.3, 0.4) is 0 Å². The van der Waals surface area contributed by atoms with E-state index in [4.69, 9.17) is 14.0 Å². The summed E-state index contributed by atoms with van der Waals surface area (Å²) in [5.41, 5.74) is -2.85. The van der Waals surface area contributed by atoms with E-state index in [1.807, 2.05) is 0 Å². The second-order valence-corrected chi connectivity index (χ2v) is 12.6. The molecule has 4 N–H and O–H groups in total. The molecule has 1 aliphatic heterocycles. The normalized spacial score (nSPS) is 26.2. The SMILES string of the molecule is COC(=O)CSP(=O)(N[C@@H](C)C(O)OC(C)C)OC[C@@H]1C[C@@](C)(O)[C@H](n2ccc(=O)[nH]c2=O)O1. The fourth-order valence-corrected chi connectivity index (χ4v) is 6.77. The van der Waals surface area contributed by atoms with Crippen LogP contribution < -0.4 is 16.3 Å². The minimum atomic E-state index is -3.79. The van der Waals surface area contributed by atoms with Gasteiger partial charge >= 0.3 is 18.4 Å². The smallest absolute Gasteiger partial charge is 0.330 e. The molecule has 15 heteroatoms. The van der Waals surface area contributed by atoms with E-state index in [-0.39, 0.29) is 24.9 Å². The molecule has 2 unspecified atom stereocenters. The van der Waals surface area contributed by atoms with Crippen LogP contribution in [0, 0.1) is 0 Å². The van der Waals surface area contributed by atoms with Crippen LogP contribution in [0.5, 0.6) is 0 Å². The third-order valence-electron chi connectivity index (χ3n) is 4.81. The van der Waals surface area contributed by atoms with Gasteiger partial charge in [-0.25, -0.2) is 9.88 Å². The Hall–Kier alpha value is -1.51. The highest BCUT2D eigenvalue weighted by Crippen LogP contribution is 2.57. The van der Waals surface area contributed by atoms with E-state index < -0.39 is 54.2 Å². The van der Waals surface area contributed by atoms with Crippen molar-refractivity contribution in [2.45, 2.75) is 70.5 Å². The first-order valence-corrected chi connectivity index (χ1v) is 13.7. The minimum Gasteiger partial charge on any atom is -0.468 e. The van der Waals surface area contributed by atoms with E-state index in [0.29, 0.717) is 11.4 Å². The van der Waals surface area contributed by atoms with Crippen LogP contribution in [-0.4, -0.2) is 75.3 Å². The standard InChI is InChI=1S/C19H32N3O10PS/c1-11(2)31-16(25)12(3)21-33(28,34-10-15(24)29-5)30-9-13-8-19(4,27)17(32-13)22-7-6-14(23)20-18(22)26/h6-7,11-13,16-17,25,27H,8-10H2,1-5H3,(H,21,28)(H,20,23,26)/t12-,13-,16?,17+,19+,33?/m0/s1. The maximum Gasteiger partial charge on any atom is 0.330 e. The van der Waals surface area contributed by atoms with E-state index >= 15 is 0 Å². The number of aromatic amines is 1. The number of rotatable bonds is 12. The molecule has 2 heterocycles. The Morgan fingerprint density at radius 2 is 2.12 bits per heavy atom. The van der Waals surface area contributed by atoms with Crippen LogP contribution in [0.25, 0.3) is 0 Å². The molecular weight excluding hydrogens is 493 g/mol.